The lowest BCUT2D eigenvalue weighted by Gasteiger charge is -2.25. The summed E-state index contributed by atoms with van der Waals surface area (Å²) in [5, 5.41) is 2.76. The summed E-state index contributed by atoms with van der Waals surface area (Å²) in [5.41, 5.74) is 18.9. The second-order valence-corrected chi connectivity index (χ2v) is 10.1. The normalized spacial score (nSPS) is 14.1. The molecule has 1 aromatic heterocycles. The van der Waals surface area contributed by atoms with Gasteiger partial charge in [0.25, 0.3) is 0 Å². The molecule has 9 rings (SSSR count). The van der Waals surface area contributed by atoms with Crippen molar-refractivity contribution >= 4 is 21.8 Å². The van der Waals surface area contributed by atoms with E-state index in [1.54, 1.807) is 0 Å². The van der Waals surface area contributed by atoms with Crippen molar-refractivity contribution < 1.29 is 0 Å². The number of benzene rings is 5. The van der Waals surface area contributed by atoms with E-state index < -0.39 is 0 Å². The van der Waals surface area contributed by atoms with Crippen molar-refractivity contribution in [3.8, 4) is 27.9 Å². The van der Waals surface area contributed by atoms with Crippen LogP contribution in [0, 0.1) is 0 Å². The molecule has 34 heavy (non-hydrogen) atoms. The van der Waals surface area contributed by atoms with Crippen LogP contribution in [0.15, 0.2) is 91.0 Å². The molecule has 1 heteroatoms. The van der Waals surface area contributed by atoms with Crippen LogP contribution < -0.4 is 0 Å². The van der Waals surface area contributed by atoms with Gasteiger partial charge < -0.3 is 4.57 Å². The fourth-order valence-corrected chi connectivity index (χ4v) is 7.10. The summed E-state index contributed by atoms with van der Waals surface area (Å²) in [6.45, 7) is 0. The molecular weight excluding hydrogens is 410 g/mol. The monoisotopic (exact) mass is 431 g/mol. The molecule has 0 fully saturated rings. The highest BCUT2D eigenvalue weighted by molar-refractivity contribution is 6.13. The van der Waals surface area contributed by atoms with Gasteiger partial charge in [-0.1, -0.05) is 72.8 Å². The Labute approximate surface area is 197 Å². The topological polar surface area (TPSA) is 4.93 Å². The van der Waals surface area contributed by atoms with E-state index in [4.69, 9.17) is 0 Å². The maximum absolute atomic E-state index is 2.57. The predicted molar refractivity (Wildman–Crippen MR) is 140 cm³/mol. The molecule has 1 aliphatic heterocycles. The highest BCUT2D eigenvalue weighted by atomic mass is 15.0. The van der Waals surface area contributed by atoms with Crippen LogP contribution in [0.3, 0.4) is 0 Å². The van der Waals surface area contributed by atoms with Crippen LogP contribution in [0.1, 0.15) is 33.4 Å². The smallest absolute Gasteiger partial charge is 0.0579 e. The zero-order chi connectivity index (χ0) is 22.0. The minimum Gasteiger partial charge on any atom is -0.309 e. The van der Waals surface area contributed by atoms with Crippen LogP contribution >= 0.6 is 0 Å². The predicted octanol–water partition coefficient (Wildman–Crippen LogP) is 7.83. The van der Waals surface area contributed by atoms with E-state index in [-0.39, 0.29) is 0 Å². The number of hydrogen-bond acceptors (Lipinski definition) is 0. The lowest BCUT2D eigenvalue weighted by molar-refractivity contribution is 1.00. The molecule has 1 nitrogen and oxygen atoms in total. The highest BCUT2D eigenvalue weighted by Gasteiger charge is 2.32. The first-order chi connectivity index (χ1) is 16.9. The molecule has 0 saturated carbocycles. The Bertz CT molecular complexity index is 1880. The van der Waals surface area contributed by atoms with Gasteiger partial charge in [0.15, 0.2) is 0 Å². The van der Waals surface area contributed by atoms with Gasteiger partial charge in [0.05, 0.1) is 16.7 Å². The molecule has 0 bridgehead atoms. The summed E-state index contributed by atoms with van der Waals surface area (Å²) in [7, 11) is 0. The molecule has 2 heterocycles. The van der Waals surface area contributed by atoms with Crippen molar-refractivity contribution in [2.75, 3.05) is 0 Å². The van der Waals surface area contributed by atoms with Crippen molar-refractivity contribution in [2.24, 2.45) is 0 Å². The van der Waals surface area contributed by atoms with E-state index in [2.05, 4.69) is 95.6 Å². The van der Waals surface area contributed by atoms with E-state index >= 15 is 0 Å². The maximum atomic E-state index is 2.57. The van der Waals surface area contributed by atoms with E-state index in [1.807, 2.05) is 0 Å². The van der Waals surface area contributed by atoms with Crippen LogP contribution in [0.4, 0.5) is 0 Å². The van der Waals surface area contributed by atoms with Crippen LogP contribution in [-0.2, 0) is 19.3 Å². The summed E-state index contributed by atoms with van der Waals surface area (Å²) in [6, 6.07) is 34.2. The number of rotatable bonds is 0. The Hall–Kier alpha value is -4.10. The summed E-state index contributed by atoms with van der Waals surface area (Å²) in [4.78, 5) is 0. The van der Waals surface area contributed by atoms with Gasteiger partial charge in [0, 0.05) is 17.2 Å². The molecule has 0 N–H and O–H groups in total. The molecule has 158 valence electrons. The molecule has 6 aromatic rings. The van der Waals surface area contributed by atoms with E-state index in [1.165, 1.54) is 83.1 Å². The fourth-order valence-electron chi connectivity index (χ4n) is 7.10. The Balaban J connectivity index is 1.43. The van der Waals surface area contributed by atoms with Crippen LogP contribution in [0.2, 0.25) is 0 Å². The Morgan fingerprint density at radius 2 is 1.15 bits per heavy atom. The Kier molecular flexibility index (Phi) is 3.00. The van der Waals surface area contributed by atoms with Crippen molar-refractivity contribution in [1.82, 2.24) is 4.57 Å². The van der Waals surface area contributed by atoms with Gasteiger partial charge in [-0.25, -0.2) is 0 Å². The van der Waals surface area contributed by atoms with Crippen molar-refractivity contribution in [1.29, 1.82) is 0 Å². The minimum absolute atomic E-state index is 1.02. The van der Waals surface area contributed by atoms with Gasteiger partial charge in [-0.15, -0.1) is 0 Å². The van der Waals surface area contributed by atoms with Crippen LogP contribution in [-0.4, -0.2) is 4.57 Å². The molecule has 0 saturated heterocycles. The van der Waals surface area contributed by atoms with Crippen molar-refractivity contribution in [3.05, 3.63) is 124 Å². The highest BCUT2D eigenvalue weighted by Crippen LogP contribution is 2.50. The summed E-state index contributed by atoms with van der Waals surface area (Å²) in [5.74, 6) is 0. The zero-order valence-electron chi connectivity index (χ0n) is 18.7. The SMILES string of the molecule is c1ccc2c(c1)Cc1c-2ccc2c1Cc1c3c(cc4c5ccccc5n-2c14)-c1ccccc1C3. The molecule has 0 unspecified atom stereocenters. The zero-order valence-corrected chi connectivity index (χ0v) is 18.7. The molecule has 0 atom stereocenters. The third-order valence-electron chi connectivity index (χ3n) is 8.53. The number of fused-ring (bicyclic) bond motifs is 13. The lowest BCUT2D eigenvalue weighted by Crippen LogP contribution is -2.12. The van der Waals surface area contributed by atoms with Crippen LogP contribution in [0.25, 0.3) is 49.7 Å². The molecule has 5 aromatic carbocycles. The maximum Gasteiger partial charge on any atom is 0.0579 e. The third kappa shape index (κ3) is 1.94. The first-order valence-corrected chi connectivity index (χ1v) is 12.3. The molecular formula is C33H21N. The fraction of sp³-hybridized carbons (Fsp3) is 0.0909. The largest absolute Gasteiger partial charge is 0.309 e. The Morgan fingerprint density at radius 1 is 0.471 bits per heavy atom. The van der Waals surface area contributed by atoms with Gasteiger partial charge >= 0.3 is 0 Å². The van der Waals surface area contributed by atoms with Gasteiger partial charge in [0.1, 0.15) is 0 Å². The second-order valence-electron chi connectivity index (χ2n) is 10.1. The lowest BCUT2D eigenvalue weighted by atomic mass is 9.87. The van der Waals surface area contributed by atoms with Gasteiger partial charge in [-0.3, -0.25) is 0 Å². The number of para-hydroxylation sites is 1. The first kappa shape index (κ1) is 17.4. The van der Waals surface area contributed by atoms with E-state index in [0.29, 0.717) is 0 Å². The number of nitrogens with zero attached hydrogens (tertiary/aromatic N) is 1. The summed E-state index contributed by atoms with van der Waals surface area (Å²) in [6.07, 6.45) is 3.11. The molecule has 0 radical (unpaired) electrons. The first-order valence-electron chi connectivity index (χ1n) is 12.3. The standard InChI is InChI=1S/C33H21N/c1-3-9-21-19(7-1)15-25-23(21)13-14-32-28(25)18-30-26-16-20-8-2-4-10-22(20)27(26)17-29-24-11-5-6-12-31(24)34(32)33(29)30/h1-14,17H,15-16,18H2. The summed E-state index contributed by atoms with van der Waals surface area (Å²) >= 11 is 0. The van der Waals surface area contributed by atoms with Crippen molar-refractivity contribution in [3.63, 3.8) is 0 Å². The van der Waals surface area contributed by atoms with Gasteiger partial charge in [-0.05, 0) is 86.7 Å². The van der Waals surface area contributed by atoms with E-state index in [9.17, 15) is 0 Å². The van der Waals surface area contributed by atoms with Gasteiger partial charge in [0.2, 0.25) is 0 Å². The summed E-state index contributed by atoms with van der Waals surface area (Å²) < 4.78 is 2.57. The Morgan fingerprint density at radius 3 is 1.97 bits per heavy atom. The third-order valence-corrected chi connectivity index (χ3v) is 8.53. The number of aromatic nitrogens is 1. The molecule has 0 amide bonds. The van der Waals surface area contributed by atoms with Crippen LogP contribution in [0.5, 0.6) is 0 Å². The quantitative estimate of drug-likeness (QED) is 0.231. The van der Waals surface area contributed by atoms with E-state index in [0.717, 1.165) is 19.3 Å². The van der Waals surface area contributed by atoms with Gasteiger partial charge in [-0.2, -0.15) is 0 Å². The molecule has 3 aliphatic rings. The molecule has 2 aliphatic carbocycles. The molecule has 0 spiro atoms. The average Bonchev–Trinajstić information content (AvgIpc) is 3.55. The van der Waals surface area contributed by atoms with Crippen molar-refractivity contribution in [2.45, 2.75) is 19.3 Å². The average molecular weight is 432 g/mol. The second kappa shape index (κ2) is 5.87. The number of hydrogen-bond donors (Lipinski definition) is 0. The minimum atomic E-state index is 1.02.